The number of carboxylic acid groups (broad SMARTS) is 3. The van der Waals surface area contributed by atoms with E-state index in [0.29, 0.717) is 32.2 Å². The fraction of sp³-hybridized carbons (Fsp3) is 0.848. The van der Waals surface area contributed by atoms with E-state index in [1.54, 1.807) is 0 Å². The van der Waals surface area contributed by atoms with Gasteiger partial charge in [-0.3, -0.25) is 19.2 Å². The molecule has 0 spiro atoms. The number of hydrogen-bond acceptors (Lipinski definition) is 6. The third-order valence-electron chi connectivity index (χ3n) is 7.92. The molecule has 11 heteroatoms. The van der Waals surface area contributed by atoms with Gasteiger partial charge in [-0.05, 0) is 38.5 Å². The molecule has 11 nitrogen and oxygen atoms in total. The van der Waals surface area contributed by atoms with Gasteiger partial charge in [-0.25, -0.2) is 4.79 Å². The maximum absolute atomic E-state index is 12.2. The molecule has 0 rings (SSSR count). The molecule has 0 heterocycles. The van der Waals surface area contributed by atoms with E-state index in [2.05, 4.69) is 10.6 Å². The average Bonchev–Trinajstić information content (AvgIpc) is 2.97. The number of rotatable bonds is 32. The first-order valence-electron chi connectivity index (χ1n) is 17.1. The van der Waals surface area contributed by atoms with Crippen LogP contribution in [0.2, 0.25) is 0 Å². The first-order chi connectivity index (χ1) is 21.1. The summed E-state index contributed by atoms with van der Waals surface area (Å²) in [5.41, 5.74) is 5.43. The minimum atomic E-state index is -1.16. The highest BCUT2D eigenvalue weighted by molar-refractivity contribution is 5.84. The van der Waals surface area contributed by atoms with E-state index in [9.17, 15) is 29.1 Å². The van der Waals surface area contributed by atoms with Crippen molar-refractivity contribution in [1.29, 1.82) is 0 Å². The van der Waals surface area contributed by atoms with E-state index in [1.807, 2.05) is 0 Å². The molecule has 2 amide bonds. The molecule has 0 fully saturated rings. The lowest BCUT2D eigenvalue weighted by molar-refractivity contribution is -0.142. The van der Waals surface area contributed by atoms with Crippen LogP contribution in [0.1, 0.15) is 161 Å². The van der Waals surface area contributed by atoms with Crippen molar-refractivity contribution in [2.45, 2.75) is 173 Å². The first kappa shape index (κ1) is 41.3. The molecule has 0 aliphatic heterocycles. The number of carbonyl (C=O) groups is 5. The molecule has 7 N–H and O–H groups in total. The summed E-state index contributed by atoms with van der Waals surface area (Å²) < 4.78 is 0. The van der Waals surface area contributed by atoms with Gasteiger partial charge in [0.05, 0.1) is 0 Å². The highest BCUT2D eigenvalue weighted by Gasteiger charge is 2.20. The minimum Gasteiger partial charge on any atom is -0.481 e. The van der Waals surface area contributed by atoms with Crippen LogP contribution in [-0.4, -0.2) is 63.7 Å². The molecule has 0 aliphatic rings. The Morgan fingerprint density at radius 2 is 0.909 bits per heavy atom. The molecule has 0 aliphatic carbocycles. The second-order valence-electron chi connectivity index (χ2n) is 12.0. The average molecular weight is 628 g/mol. The molecule has 0 unspecified atom stereocenters. The number of aliphatic carboxylic acids is 3. The van der Waals surface area contributed by atoms with E-state index in [0.717, 1.165) is 44.9 Å². The predicted molar refractivity (Wildman–Crippen MR) is 171 cm³/mol. The fourth-order valence-electron chi connectivity index (χ4n) is 5.12. The molecule has 256 valence electrons. The number of nitrogens with one attached hydrogen (secondary N) is 2. The monoisotopic (exact) mass is 627 g/mol. The number of amides is 2. The third kappa shape index (κ3) is 28.1. The Morgan fingerprint density at radius 1 is 0.477 bits per heavy atom. The number of carboxylic acids is 3. The van der Waals surface area contributed by atoms with Crippen molar-refractivity contribution in [3.8, 4) is 0 Å². The zero-order valence-electron chi connectivity index (χ0n) is 27.0. The fourth-order valence-corrected chi connectivity index (χ4v) is 5.12. The highest BCUT2D eigenvalue weighted by atomic mass is 16.4. The van der Waals surface area contributed by atoms with Gasteiger partial charge in [0.15, 0.2) is 0 Å². The third-order valence-corrected chi connectivity index (χ3v) is 7.92. The van der Waals surface area contributed by atoms with E-state index in [-0.39, 0.29) is 31.1 Å². The van der Waals surface area contributed by atoms with Crippen molar-refractivity contribution in [2.75, 3.05) is 6.54 Å². The Bertz CT molecular complexity index is 793. The summed E-state index contributed by atoms with van der Waals surface area (Å²) in [7, 11) is 0. The molecule has 0 aromatic heterocycles. The molecule has 0 saturated heterocycles. The largest absolute Gasteiger partial charge is 0.481 e. The highest BCUT2D eigenvalue weighted by Crippen LogP contribution is 2.15. The summed E-state index contributed by atoms with van der Waals surface area (Å²) >= 11 is 0. The second-order valence-corrected chi connectivity index (χ2v) is 12.0. The topological polar surface area (TPSA) is 196 Å². The maximum atomic E-state index is 12.2. The van der Waals surface area contributed by atoms with Crippen LogP contribution in [0.25, 0.3) is 0 Å². The van der Waals surface area contributed by atoms with E-state index >= 15 is 0 Å². The predicted octanol–water partition coefficient (Wildman–Crippen LogP) is 5.92. The second kappa shape index (κ2) is 29.0. The number of unbranched alkanes of at least 4 members (excludes halogenated alkanes) is 18. The quantitative estimate of drug-likeness (QED) is 0.0490. The molecule has 0 aromatic carbocycles. The van der Waals surface area contributed by atoms with Crippen molar-refractivity contribution >= 4 is 29.7 Å². The van der Waals surface area contributed by atoms with Crippen LogP contribution in [0, 0.1) is 0 Å². The Hall–Kier alpha value is -2.69. The van der Waals surface area contributed by atoms with Crippen LogP contribution in [0.4, 0.5) is 0 Å². The molecule has 2 atom stereocenters. The van der Waals surface area contributed by atoms with Crippen LogP contribution in [0.5, 0.6) is 0 Å². The summed E-state index contributed by atoms with van der Waals surface area (Å²) in [4.78, 5) is 56.9. The van der Waals surface area contributed by atoms with E-state index < -0.39 is 30.0 Å². The smallest absolute Gasteiger partial charge is 0.326 e. The van der Waals surface area contributed by atoms with Gasteiger partial charge in [0.1, 0.15) is 12.1 Å². The van der Waals surface area contributed by atoms with Crippen LogP contribution in [-0.2, 0) is 24.0 Å². The summed E-state index contributed by atoms with van der Waals surface area (Å²) in [5, 5.41) is 32.0. The number of nitrogens with two attached hydrogens (primary N) is 1. The standard InChI is InChI=1S/C33H61N3O8/c34-27(32(41)42)21-19-20-26-35-29(37)25-24-28(33(43)44)36-30(38)22-17-15-13-11-9-7-5-3-1-2-4-6-8-10-12-14-16-18-23-31(39)40/h27-28H,1-26,34H2,(H,35,37)(H,36,38)(H,39,40)(H,41,42)(H,43,44)/t27-,28-/m0/s1. The SMILES string of the molecule is N[C@@H](CCCCNC(=O)CC[C@H](NC(=O)CCCCCCCCCCCCCCCCCCCCC(=O)O)C(=O)O)C(=O)O. The van der Waals surface area contributed by atoms with Gasteiger partial charge in [0, 0.05) is 25.8 Å². The summed E-state index contributed by atoms with van der Waals surface area (Å²) in [6.07, 6.45) is 22.9. The lowest BCUT2D eigenvalue weighted by Crippen LogP contribution is -2.41. The maximum Gasteiger partial charge on any atom is 0.326 e. The van der Waals surface area contributed by atoms with Gasteiger partial charge >= 0.3 is 17.9 Å². The van der Waals surface area contributed by atoms with Gasteiger partial charge < -0.3 is 31.7 Å². The van der Waals surface area contributed by atoms with Gasteiger partial charge in [-0.2, -0.15) is 0 Å². The Morgan fingerprint density at radius 3 is 1.32 bits per heavy atom. The first-order valence-corrected chi connectivity index (χ1v) is 17.1. The van der Waals surface area contributed by atoms with Crippen LogP contribution < -0.4 is 16.4 Å². The zero-order chi connectivity index (χ0) is 32.8. The van der Waals surface area contributed by atoms with Gasteiger partial charge in [-0.1, -0.05) is 103 Å². The minimum absolute atomic E-state index is 0.00954. The molecular weight excluding hydrogens is 566 g/mol. The van der Waals surface area contributed by atoms with E-state index in [4.69, 9.17) is 15.9 Å². The van der Waals surface area contributed by atoms with Crippen LogP contribution in [0.15, 0.2) is 0 Å². The number of carbonyl (C=O) groups excluding carboxylic acids is 2. The Kier molecular flexibility index (Phi) is 27.3. The normalized spacial score (nSPS) is 12.4. The lowest BCUT2D eigenvalue weighted by Gasteiger charge is -2.14. The van der Waals surface area contributed by atoms with Gasteiger partial charge in [-0.15, -0.1) is 0 Å². The molecular formula is C33H61N3O8. The van der Waals surface area contributed by atoms with E-state index in [1.165, 1.54) is 70.6 Å². The van der Waals surface area contributed by atoms with Crippen molar-refractivity contribution in [3.05, 3.63) is 0 Å². The molecule has 44 heavy (non-hydrogen) atoms. The van der Waals surface area contributed by atoms with Gasteiger partial charge in [0.2, 0.25) is 11.8 Å². The van der Waals surface area contributed by atoms with Gasteiger partial charge in [0.25, 0.3) is 0 Å². The van der Waals surface area contributed by atoms with Crippen LogP contribution in [0.3, 0.4) is 0 Å². The lowest BCUT2D eigenvalue weighted by atomic mass is 10.0. The molecule has 0 radical (unpaired) electrons. The number of hydrogen-bond donors (Lipinski definition) is 6. The summed E-state index contributed by atoms with van der Waals surface area (Å²) in [6.45, 7) is 0.359. The molecule has 0 aromatic rings. The Balaban J connectivity index is 3.60. The molecule has 0 saturated carbocycles. The molecule has 0 bridgehead atoms. The zero-order valence-corrected chi connectivity index (χ0v) is 27.0. The van der Waals surface area contributed by atoms with Crippen molar-refractivity contribution in [1.82, 2.24) is 10.6 Å². The van der Waals surface area contributed by atoms with Crippen molar-refractivity contribution in [3.63, 3.8) is 0 Å². The van der Waals surface area contributed by atoms with Crippen molar-refractivity contribution in [2.24, 2.45) is 5.73 Å². The van der Waals surface area contributed by atoms with Crippen molar-refractivity contribution < 1.29 is 39.3 Å². The van der Waals surface area contributed by atoms with Crippen LogP contribution >= 0.6 is 0 Å². The summed E-state index contributed by atoms with van der Waals surface area (Å²) in [5.74, 6) is -3.52. The Labute approximate surface area is 264 Å². The summed E-state index contributed by atoms with van der Waals surface area (Å²) in [6, 6.07) is -2.01.